The molecule has 10 nitrogen and oxygen atoms in total. The average Bonchev–Trinajstić information content (AvgIpc) is 3.43. The molecule has 2 aliphatic rings. The monoisotopic (exact) mass is 616 g/mol. The number of aromatic amines is 1. The number of imidazole rings is 1. The van der Waals surface area contributed by atoms with E-state index in [4.69, 9.17) is 4.74 Å². The lowest BCUT2D eigenvalue weighted by Gasteiger charge is -2.47. The lowest BCUT2D eigenvalue weighted by Crippen LogP contribution is -2.48. The smallest absolute Gasteiger partial charge is 0.253 e. The van der Waals surface area contributed by atoms with E-state index >= 15 is 0 Å². The van der Waals surface area contributed by atoms with E-state index < -0.39 is 10.0 Å². The minimum Gasteiger partial charge on any atom is -0.497 e. The quantitative estimate of drug-likeness (QED) is 0.314. The molecule has 0 atom stereocenters. The Kier molecular flexibility index (Phi) is 8.10. The van der Waals surface area contributed by atoms with E-state index in [-0.39, 0.29) is 17.3 Å². The normalized spacial score (nSPS) is 17.0. The molecule has 0 aliphatic carbocycles. The fraction of sp³-hybridized carbons (Fsp3) is 0.424. The predicted octanol–water partition coefficient (Wildman–Crippen LogP) is 4.93. The van der Waals surface area contributed by atoms with Gasteiger partial charge in [0.15, 0.2) is 0 Å². The fourth-order valence-electron chi connectivity index (χ4n) is 6.82. The minimum absolute atomic E-state index is 0.0253. The van der Waals surface area contributed by atoms with Gasteiger partial charge < -0.3 is 19.5 Å². The van der Waals surface area contributed by atoms with Gasteiger partial charge in [0.25, 0.3) is 5.91 Å². The molecule has 2 fully saturated rings. The number of sulfonamides is 1. The molecule has 0 saturated carbocycles. The highest BCUT2D eigenvalue weighted by molar-refractivity contribution is 7.89. The van der Waals surface area contributed by atoms with Crippen molar-refractivity contribution in [3.63, 3.8) is 0 Å². The summed E-state index contributed by atoms with van der Waals surface area (Å²) >= 11 is 0. The number of piperidine rings is 2. The summed E-state index contributed by atoms with van der Waals surface area (Å²) in [4.78, 5) is 30.2. The summed E-state index contributed by atoms with van der Waals surface area (Å²) in [6, 6.07) is 13.1. The largest absolute Gasteiger partial charge is 0.497 e. The van der Waals surface area contributed by atoms with Crippen molar-refractivity contribution in [2.75, 3.05) is 45.2 Å². The molecular weight excluding hydrogens is 576 g/mol. The number of carbonyl (C=O) groups is 1. The van der Waals surface area contributed by atoms with Crippen molar-refractivity contribution >= 4 is 32.7 Å². The highest BCUT2D eigenvalue weighted by Gasteiger charge is 2.39. The minimum atomic E-state index is -3.77. The zero-order valence-corrected chi connectivity index (χ0v) is 26.7. The zero-order chi connectivity index (χ0) is 31.1. The van der Waals surface area contributed by atoms with E-state index in [1.807, 2.05) is 35.5 Å². The first-order valence-electron chi connectivity index (χ1n) is 15.1. The van der Waals surface area contributed by atoms with Crippen LogP contribution in [0.3, 0.4) is 0 Å². The number of pyridine rings is 1. The third-order valence-electron chi connectivity index (χ3n) is 9.45. The highest BCUT2D eigenvalue weighted by atomic mass is 32.2. The van der Waals surface area contributed by atoms with Crippen molar-refractivity contribution in [2.45, 2.75) is 51.0 Å². The summed E-state index contributed by atoms with van der Waals surface area (Å²) in [5.74, 6) is 1.16. The van der Waals surface area contributed by atoms with E-state index in [0.717, 1.165) is 51.9 Å². The number of benzene rings is 2. The second-order valence-electron chi connectivity index (χ2n) is 12.3. The van der Waals surface area contributed by atoms with Crippen LogP contribution in [0.25, 0.3) is 11.0 Å². The maximum Gasteiger partial charge on any atom is 0.253 e. The Labute approximate surface area is 259 Å². The van der Waals surface area contributed by atoms with Crippen molar-refractivity contribution in [1.29, 1.82) is 0 Å². The van der Waals surface area contributed by atoms with Gasteiger partial charge in [0.2, 0.25) is 10.0 Å². The number of amides is 1. The molecule has 2 aromatic heterocycles. The van der Waals surface area contributed by atoms with Gasteiger partial charge in [-0.3, -0.25) is 9.78 Å². The Bertz CT molecular complexity index is 1750. The van der Waals surface area contributed by atoms with E-state index in [0.29, 0.717) is 44.7 Å². The zero-order valence-electron chi connectivity index (χ0n) is 25.8. The molecule has 4 aromatic rings. The molecule has 2 aliphatic heterocycles. The summed E-state index contributed by atoms with van der Waals surface area (Å²) in [5, 5.41) is 0. The van der Waals surface area contributed by atoms with Crippen molar-refractivity contribution in [3.05, 3.63) is 77.4 Å². The number of rotatable bonds is 7. The molecule has 6 rings (SSSR count). The number of anilines is 1. The summed E-state index contributed by atoms with van der Waals surface area (Å²) in [6.07, 6.45) is 8.02. The first kappa shape index (κ1) is 30.1. The van der Waals surface area contributed by atoms with Crippen LogP contribution in [0.2, 0.25) is 0 Å². The number of carbonyl (C=O) groups excluding carboxylic acids is 1. The Hall–Kier alpha value is -3.96. The van der Waals surface area contributed by atoms with Crippen LogP contribution >= 0.6 is 0 Å². The first-order valence-corrected chi connectivity index (χ1v) is 16.6. The Balaban J connectivity index is 1.09. The Morgan fingerprint density at radius 3 is 2.25 bits per heavy atom. The number of aromatic nitrogens is 3. The lowest BCUT2D eigenvalue weighted by molar-refractivity contribution is 0.0515. The van der Waals surface area contributed by atoms with Gasteiger partial charge in [0.1, 0.15) is 11.6 Å². The molecular formula is C33H40N6O4S. The van der Waals surface area contributed by atoms with Gasteiger partial charge in [-0.2, -0.15) is 4.31 Å². The molecule has 232 valence electrons. The SMILES string of the molecule is COc1cc(C)c(S(=O)(=O)N(C)Cc2nc3ccc(C(=O)N4CCC5(CC4)CCN(c4ccncc4)CC5)cc3[nH]2)c(C)c1. The Morgan fingerprint density at radius 2 is 1.61 bits per heavy atom. The van der Waals surface area contributed by atoms with Gasteiger partial charge in [-0.05, 0) is 98.5 Å². The van der Waals surface area contributed by atoms with E-state index in [1.165, 1.54) is 9.99 Å². The molecule has 0 bridgehead atoms. The first-order chi connectivity index (χ1) is 21.1. The summed E-state index contributed by atoms with van der Waals surface area (Å²) in [5.41, 5.74) is 4.80. The summed E-state index contributed by atoms with van der Waals surface area (Å²) in [6.45, 7) is 7.19. The number of ether oxygens (including phenoxy) is 1. The number of methoxy groups -OCH3 is 1. The topological polar surface area (TPSA) is 112 Å². The number of aryl methyl sites for hydroxylation is 2. The molecule has 4 heterocycles. The maximum atomic E-state index is 13.5. The van der Waals surface area contributed by atoms with E-state index in [1.54, 1.807) is 40.1 Å². The molecule has 2 saturated heterocycles. The van der Waals surface area contributed by atoms with Crippen molar-refractivity contribution < 1.29 is 17.9 Å². The third kappa shape index (κ3) is 5.78. The lowest BCUT2D eigenvalue weighted by atomic mass is 9.71. The highest BCUT2D eigenvalue weighted by Crippen LogP contribution is 2.42. The van der Waals surface area contributed by atoms with Crippen LogP contribution in [-0.2, 0) is 16.6 Å². The third-order valence-corrected chi connectivity index (χ3v) is 11.6. The van der Waals surface area contributed by atoms with Crippen molar-refractivity contribution in [3.8, 4) is 5.75 Å². The molecule has 0 radical (unpaired) electrons. The molecule has 2 aromatic carbocycles. The van der Waals surface area contributed by atoms with Crippen LogP contribution in [0.4, 0.5) is 5.69 Å². The van der Waals surface area contributed by atoms with Crippen molar-refractivity contribution in [1.82, 2.24) is 24.2 Å². The van der Waals surface area contributed by atoms with Crippen LogP contribution in [0.15, 0.2) is 59.8 Å². The van der Waals surface area contributed by atoms with Crippen LogP contribution in [0.1, 0.15) is 53.0 Å². The predicted molar refractivity (Wildman–Crippen MR) is 170 cm³/mol. The number of nitrogens with zero attached hydrogens (tertiary/aromatic N) is 5. The van der Waals surface area contributed by atoms with Gasteiger partial charge in [0, 0.05) is 56.9 Å². The Morgan fingerprint density at radius 1 is 0.977 bits per heavy atom. The van der Waals surface area contributed by atoms with Gasteiger partial charge >= 0.3 is 0 Å². The summed E-state index contributed by atoms with van der Waals surface area (Å²) in [7, 11) is -0.664. The second kappa shape index (κ2) is 11.9. The standard InChI is InChI=1S/C33H40N6O4S/c1-23-19-27(43-4)20-24(2)31(23)44(41,42)37(3)22-30-35-28-6-5-25(21-29(28)36-30)32(40)39-17-11-33(12-18-39)9-15-38(16-10-33)26-7-13-34-14-8-26/h5-8,13-14,19-21H,9-12,15-18,22H2,1-4H3,(H,35,36). The molecule has 1 amide bonds. The molecule has 1 spiro atoms. The van der Waals surface area contributed by atoms with Gasteiger partial charge in [-0.25, -0.2) is 13.4 Å². The average molecular weight is 617 g/mol. The molecule has 0 unspecified atom stereocenters. The summed E-state index contributed by atoms with van der Waals surface area (Å²) < 4.78 is 33.6. The molecule has 11 heteroatoms. The number of hydrogen-bond donors (Lipinski definition) is 1. The van der Waals surface area contributed by atoms with Gasteiger partial charge in [-0.15, -0.1) is 0 Å². The van der Waals surface area contributed by atoms with Gasteiger partial charge in [0.05, 0.1) is 29.6 Å². The fourth-order valence-corrected chi connectivity index (χ4v) is 8.35. The second-order valence-corrected chi connectivity index (χ2v) is 14.2. The van der Waals surface area contributed by atoms with E-state index in [9.17, 15) is 13.2 Å². The maximum absolute atomic E-state index is 13.5. The number of likely N-dealkylation sites (tertiary alicyclic amines) is 1. The van der Waals surface area contributed by atoms with Crippen LogP contribution in [0.5, 0.6) is 5.75 Å². The van der Waals surface area contributed by atoms with Crippen molar-refractivity contribution in [2.24, 2.45) is 5.41 Å². The van der Waals surface area contributed by atoms with Crippen LogP contribution in [-0.4, -0.2) is 78.8 Å². The number of nitrogens with one attached hydrogen (secondary N) is 1. The van der Waals surface area contributed by atoms with Crippen LogP contribution < -0.4 is 9.64 Å². The van der Waals surface area contributed by atoms with Gasteiger partial charge in [-0.1, -0.05) is 0 Å². The number of fused-ring (bicyclic) bond motifs is 1. The van der Waals surface area contributed by atoms with E-state index in [2.05, 4.69) is 32.0 Å². The number of hydrogen-bond acceptors (Lipinski definition) is 7. The number of H-pyrrole nitrogens is 1. The molecule has 1 N–H and O–H groups in total. The van der Waals surface area contributed by atoms with Crippen LogP contribution in [0, 0.1) is 19.3 Å². The molecule has 44 heavy (non-hydrogen) atoms.